The van der Waals surface area contributed by atoms with Crippen LogP contribution < -0.4 is 5.32 Å². The first-order chi connectivity index (χ1) is 10.1. The van der Waals surface area contributed by atoms with Crippen LogP contribution in [0.25, 0.3) is 0 Å². The van der Waals surface area contributed by atoms with E-state index in [4.69, 9.17) is 0 Å². The highest BCUT2D eigenvalue weighted by Gasteiger charge is 2.04. The van der Waals surface area contributed by atoms with Gasteiger partial charge in [0.25, 0.3) is 0 Å². The number of aromatic nitrogens is 2. The molecule has 0 spiro atoms. The van der Waals surface area contributed by atoms with Gasteiger partial charge in [-0.2, -0.15) is 0 Å². The summed E-state index contributed by atoms with van der Waals surface area (Å²) in [4.78, 5) is 11.3. The van der Waals surface area contributed by atoms with Gasteiger partial charge in [0.2, 0.25) is 5.91 Å². The molecule has 0 bridgehead atoms. The Bertz CT molecular complexity index is 626. The van der Waals surface area contributed by atoms with Crippen molar-refractivity contribution in [3.8, 4) is 0 Å². The average molecular weight is 301 g/mol. The van der Waals surface area contributed by atoms with Gasteiger partial charge in [0.1, 0.15) is 5.03 Å². The maximum atomic E-state index is 11.3. The lowest BCUT2D eigenvalue weighted by Crippen LogP contribution is -2.11. The van der Waals surface area contributed by atoms with E-state index in [0.29, 0.717) is 12.2 Å². The Kier molecular flexibility index (Phi) is 5.33. The molecule has 4 nitrogen and oxygen atoms in total. The van der Waals surface area contributed by atoms with Crippen LogP contribution in [0.2, 0.25) is 0 Å². The van der Waals surface area contributed by atoms with E-state index in [2.05, 4.69) is 47.6 Å². The lowest BCUT2D eigenvalue weighted by atomic mass is 10.1. The number of carbonyl (C=O) groups is 1. The van der Waals surface area contributed by atoms with E-state index < -0.39 is 0 Å². The molecule has 21 heavy (non-hydrogen) atoms. The van der Waals surface area contributed by atoms with E-state index in [0.717, 1.165) is 10.8 Å². The number of nitrogens with zero attached hydrogens (tertiary/aromatic N) is 2. The van der Waals surface area contributed by atoms with Crippen LogP contribution in [0.15, 0.2) is 35.4 Å². The van der Waals surface area contributed by atoms with Crippen LogP contribution in [0.4, 0.5) is 5.82 Å². The molecule has 1 N–H and O–H groups in total. The largest absolute Gasteiger partial charge is 0.309 e. The maximum absolute atomic E-state index is 11.3. The molecule has 110 valence electrons. The third kappa shape index (κ3) is 4.56. The normalized spacial score (nSPS) is 10.4. The van der Waals surface area contributed by atoms with Gasteiger partial charge in [-0.25, -0.2) is 0 Å². The zero-order chi connectivity index (χ0) is 15.2. The molecule has 0 saturated heterocycles. The molecule has 0 atom stereocenters. The Morgan fingerprint density at radius 3 is 2.67 bits per heavy atom. The number of rotatable bonds is 5. The molecular formula is C16H19N3OS. The first kappa shape index (κ1) is 15.5. The predicted octanol–water partition coefficient (Wildman–Crippen LogP) is 3.73. The molecule has 2 aromatic rings. The van der Waals surface area contributed by atoms with Crippen molar-refractivity contribution in [1.29, 1.82) is 0 Å². The lowest BCUT2D eigenvalue weighted by molar-refractivity contribution is -0.115. The number of anilines is 1. The number of aryl methyl sites for hydroxylation is 2. The van der Waals surface area contributed by atoms with Gasteiger partial charge in [-0.15, -0.1) is 10.2 Å². The molecule has 0 radical (unpaired) electrons. The van der Waals surface area contributed by atoms with E-state index in [1.165, 1.54) is 16.7 Å². The van der Waals surface area contributed by atoms with Crippen molar-refractivity contribution < 1.29 is 4.79 Å². The molecular weight excluding hydrogens is 282 g/mol. The Labute approximate surface area is 129 Å². The maximum Gasteiger partial charge on any atom is 0.225 e. The quantitative estimate of drug-likeness (QED) is 0.855. The highest BCUT2D eigenvalue weighted by molar-refractivity contribution is 7.98. The molecule has 1 amide bonds. The summed E-state index contributed by atoms with van der Waals surface area (Å²) >= 11 is 1.64. The smallest absolute Gasteiger partial charge is 0.225 e. The fourth-order valence-corrected chi connectivity index (χ4v) is 2.68. The Morgan fingerprint density at radius 2 is 2.00 bits per heavy atom. The summed E-state index contributed by atoms with van der Waals surface area (Å²) in [5, 5.41) is 11.7. The van der Waals surface area contributed by atoms with Crippen molar-refractivity contribution in [3.63, 3.8) is 0 Å². The molecule has 1 heterocycles. The van der Waals surface area contributed by atoms with E-state index in [1.807, 2.05) is 6.07 Å². The molecule has 5 heteroatoms. The van der Waals surface area contributed by atoms with E-state index in [1.54, 1.807) is 24.8 Å². The molecule has 0 aliphatic carbocycles. The number of hydrogen-bond acceptors (Lipinski definition) is 4. The Balaban J connectivity index is 1.97. The zero-order valence-corrected chi connectivity index (χ0v) is 13.3. The lowest BCUT2D eigenvalue weighted by Gasteiger charge is -2.07. The first-order valence-corrected chi connectivity index (χ1v) is 7.89. The summed E-state index contributed by atoms with van der Waals surface area (Å²) in [6.07, 6.45) is 0.435. The number of benzene rings is 1. The number of nitrogens with one attached hydrogen (secondary N) is 1. The van der Waals surface area contributed by atoms with Crippen LogP contribution in [-0.4, -0.2) is 16.1 Å². The number of amides is 1. The van der Waals surface area contributed by atoms with Gasteiger partial charge in [0, 0.05) is 12.2 Å². The molecule has 0 fully saturated rings. The predicted molar refractivity (Wildman–Crippen MR) is 86.4 cm³/mol. The van der Waals surface area contributed by atoms with Gasteiger partial charge in [-0.3, -0.25) is 4.79 Å². The van der Waals surface area contributed by atoms with Crippen molar-refractivity contribution >= 4 is 23.5 Å². The minimum Gasteiger partial charge on any atom is -0.309 e. The van der Waals surface area contributed by atoms with Crippen molar-refractivity contribution in [2.45, 2.75) is 38.0 Å². The topological polar surface area (TPSA) is 54.9 Å². The monoisotopic (exact) mass is 301 g/mol. The van der Waals surface area contributed by atoms with Crippen LogP contribution in [0.3, 0.4) is 0 Å². The summed E-state index contributed by atoms with van der Waals surface area (Å²) in [5.74, 6) is 1.31. The molecule has 0 aliphatic heterocycles. The average Bonchev–Trinajstić information content (AvgIpc) is 2.49. The molecule has 0 saturated carbocycles. The van der Waals surface area contributed by atoms with Crippen molar-refractivity contribution in [1.82, 2.24) is 10.2 Å². The second-order valence-electron chi connectivity index (χ2n) is 4.88. The minimum atomic E-state index is -0.0555. The summed E-state index contributed by atoms with van der Waals surface area (Å²) in [7, 11) is 0. The second kappa shape index (κ2) is 7.22. The van der Waals surface area contributed by atoms with Crippen LogP contribution in [0.5, 0.6) is 0 Å². The van der Waals surface area contributed by atoms with Gasteiger partial charge >= 0.3 is 0 Å². The number of carbonyl (C=O) groups excluding carboxylic acids is 1. The summed E-state index contributed by atoms with van der Waals surface area (Å²) in [5.41, 5.74) is 3.86. The SMILES string of the molecule is CCC(=O)Nc1ccc(SCc2cc(C)ccc2C)nn1. The van der Waals surface area contributed by atoms with Crippen molar-refractivity contribution in [2.75, 3.05) is 5.32 Å². The van der Waals surface area contributed by atoms with E-state index >= 15 is 0 Å². The van der Waals surface area contributed by atoms with Gasteiger partial charge in [0.15, 0.2) is 5.82 Å². The van der Waals surface area contributed by atoms with Crippen LogP contribution in [-0.2, 0) is 10.5 Å². The number of hydrogen-bond donors (Lipinski definition) is 1. The van der Waals surface area contributed by atoms with Gasteiger partial charge in [-0.1, -0.05) is 42.4 Å². The highest BCUT2D eigenvalue weighted by Crippen LogP contribution is 2.23. The molecule has 2 rings (SSSR count). The first-order valence-electron chi connectivity index (χ1n) is 6.91. The van der Waals surface area contributed by atoms with Crippen LogP contribution >= 0.6 is 11.8 Å². The minimum absolute atomic E-state index is 0.0555. The summed E-state index contributed by atoms with van der Waals surface area (Å²) in [6, 6.07) is 10.1. The van der Waals surface area contributed by atoms with Crippen LogP contribution in [0, 0.1) is 13.8 Å². The molecule has 0 aliphatic rings. The second-order valence-corrected chi connectivity index (χ2v) is 5.87. The summed E-state index contributed by atoms with van der Waals surface area (Å²) in [6.45, 7) is 6.01. The fourth-order valence-electron chi connectivity index (χ4n) is 1.80. The Hall–Kier alpha value is -1.88. The fraction of sp³-hybridized carbons (Fsp3) is 0.312. The van der Waals surface area contributed by atoms with E-state index in [9.17, 15) is 4.79 Å². The molecule has 1 aromatic carbocycles. The van der Waals surface area contributed by atoms with Crippen molar-refractivity contribution in [3.05, 3.63) is 47.0 Å². The standard InChI is InChI=1S/C16H19N3OS/c1-4-15(20)17-14-7-8-16(19-18-14)21-10-13-9-11(2)5-6-12(13)3/h5-9H,4,10H2,1-3H3,(H,17,18,20). The molecule has 1 aromatic heterocycles. The Morgan fingerprint density at radius 1 is 1.19 bits per heavy atom. The van der Waals surface area contributed by atoms with Gasteiger partial charge in [0.05, 0.1) is 0 Å². The van der Waals surface area contributed by atoms with E-state index in [-0.39, 0.29) is 5.91 Å². The number of thioether (sulfide) groups is 1. The van der Waals surface area contributed by atoms with Crippen LogP contribution in [0.1, 0.15) is 30.0 Å². The molecule has 0 unspecified atom stereocenters. The third-order valence-electron chi connectivity index (χ3n) is 3.11. The summed E-state index contributed by atoms with van der Waals surface area (Å²) < 4.78 is 0. The van der Waals surface area contributed by atoms with Gasteiger partial charge in [-0.05, 0) is 37.1 Å². The zero-order valence-electron chi connectivity index (χ0n) is 12.5. The van der Waals surface area contributed by atoms with Gasteiger partial charge < -0.3 is 5.32 Å². The third-order valence-corrected chi connectivity index (χ3v) is 4.08. The van der Waals surface area contributed by atoms with Crippen molar-refractivity contribution in [2.24, 2.45) is 0 Å². The highest BCUT2D eigenvalue weighted by atomic mass is 32.2.